The van der Waals surface area contributed by atoms with Gasteiger partial charge in [-0.05, 0) is 24.1 Å². The number of halogens is 2. The van der Waals surface area contributed by atoms with Crippen molar-refractivity contribution in [1.29, 1.82) is 5.26 Å². The van der Waals surface area contributed by atoms with Gasteiger partial charge in [-0.15, -0.1) is 0 Å². The lowest BCUT2D eigenvalue weighted by molar-refractivity contribution is 0.0198. The molecule has 3 rings (SSSR count). The zero-order valence-corrected chi connectivity index (χ0v) is 13.5. The van der Waals surface area contributed by atoms with E-state index in [1.165, 1.54) is 17.8 Å². The molecule has 126 valence electrons. The molecule has 1 aromatic carbocycles. The van der Waals surface area contributed by atoms with Gasteiger partial charge in [0, 0.05) is 30.9 Å². The molecule has 0 bridgehead atoms. The predicted octanol–water partition coefficient (Wildman–Crippen LogP) is 3.82. The van der Waals surface area contributed by atoms with E-state index in [2.05, 4.69) is 11.8 Å². The van der Waals surface area contributed by atoms with Gasteiger partial charge < -0.3 is 4.74 Å². The van der Waals surface area contributed by atoms with Crippen LogP contribution in [0.25, 0.3) is 11.1 Å². The van der Waals surface area contributed by atoms with Crippen molar-refractivity contribution in [2.45, 2.75) is 19.5 Å². The van der Waals surface area contributed by atoms with E-state index in [1.807, 2.05) is 24.3 Å². The van der Waals surface area contributed by atoms with Crippen molar-refractivity contribution in [3.63, 3.8) is 0 Å². The van der Waals surface area contributed by atoms with Crippen molar-refractivity contribution in [3.05, 3.63) is 47.8 Å². The Morgan fingerprint density at radius 3 is 2.33 bits per heavy atom. The van der Waals surface area contributed by atoms with Crippen LogP contribution in [0.15, 0.2) is 36.5 Å². The summed E-state index contributed by atoms with van der Waals surface area (Å²) in [5.41, 5.74) is 2.58. The lowest BCUT2D eigenvalue weighted by atomic mass is 10.0. The van der Waals surface area contributed by atoms with Crippen LogP contribution in [-0.2, 0) is 4.74 Å². The van der Waals surface area contributed by atoms with Crippen LogP contribution < -0.4 is 0 Å². The highest BCUT2D eigenvalue weighted by Gasteiger charge is 2.19. The molecular formula is C18H19F2N3O. The Bertz CT molecular complexity index is 728. The zero-order valence-electron chi connectivity index (χ0n) is 13.5. The molecule has 2 aromatic rings. The number of rotatable bonds is 4. The first-order valence-electron chi connectivity index (χ1n) is 7.92. The Morgan fingerprint density at radius 1 is 1.12 bits per heavy atom. The minimum absolute atomic E-state index is 0.0363. The van der Waals surface area contributed by atoms with Crippen molar-refractivity contribution in [2.24, 2.45) is 0 Å². The first kappa shape index (κ1) is 16.6. The SMILES string of the molecule is C[C@H](c1ccc(-c2cc(C#N)n(C(F)F)c2)cc1)N1CCOCC1. The Kier molecular flexibility index (Phi) is 4.93. The molecule has 0 radical (unpaired) electrons. The summed E-state index contributed by atoms with van der Waals surface area (Å²) < 4.78 is 31.9. The van der Waals surface area contributed by atoms with Gasteiger partial charge in [0.25, 0.3) is 0 Å². The average molecular weight is 331 g/mol. The van der Waals surface area contributed by atoms with Gasteiger partial charge in [-0.25, -0.2) is 0 Å². The van der Waals surface area contributed by atoms with Crippen molar-refractivity contribution in [3.8, 4) is 17.2 Å². The molecule has 0 amide bonds. The quantitative estimate of drug-likeness (QED) is 0.855. The van der Waals surface area contributed by atoms with E-state index in [0.29, 0.717) is 10.1 Å². The van der Waals surface area contributed by atoms with Crippen LogP contribution in [0.3, 0.4) is 0 Å². The molecule has 6 heteroatoms. The lowest BCUT2D eigenvalue weighted by Crippen LogP contribution is -2.37. The van der Waals surface area contributed by atoms with E-state index in [-0.39, 0.29) is 11.7 Å². The molecule has 2 heterocycles. The van der Waals surface area contributed by atoms with Crippen LogP contribution in [0.4, 0.5) is 8.78 Å². The van der Waals surface area contributed by atoms with Crippen LogP contribution in [0.2, 0.25) is 0 Å². The van der Waals surface area contributed by atoms with Crippen molar-refractivity contribution < 1.29 is 13.5 Å². The van der Waals surface area contributed by atoms with Gasteiger partial charge >= 0.3 is 6.55 Å². The minimum atomic E-state index is -2.71. The highest BCUT2D eigenvalue weighted by molar-refractivity contribution is 5.65. The van der Waals surface area contributed by atoms with E-state index < -0.39 is 6.55 Å². The summed E-state index contributed by atoms with van der Waals surface area (Å²) in [4.78, 5) is 2.36. The monoisotopic (exact) mass is 331 g/mol. The summed E-state index contributed by atoms with van der Waals surface area (Å²) in [6.07, 6.45) is 1.32. The molecule has 1 aromatic heterocycles. The molecule has 1 aliphatic heterocycles. The molecule has 24 heavy (non-hydrogen) atoms. The van der Waals surface area contributed by atoms with Crippen molar-refractivity contribution in [2.75, 3.05) is 26.3 Å². The number of alkyl halides is 2. The van der Waals surface area contributed by atoms with Crippen LogP contribution in [0.5, 0.6) is 0 Å². The topological polar surface area (TPSA) is 41.2 Å². The van der Waals surface area contributed by atoms with Gasteiger partial charge in [0.1, 0.15) is 11.8 Å². The number of benzene rings is 1. The summed E-state index contributed by atoms with van der Waals surface area (Å²) in [5.74, 6) is 0. The molecule has 0 unspecified atom stereocenters. The average Bonchev–Trinajstić information content (AvgIpc) is 3.07. The number of aromatic nitrogens is 1. The van der Waals surface area contributed by atoms with Crippen LogP contribution in [0.1, 0.15) is 30.8 Å². The van der Waals surface area contributed by atoms with Gasteiger partial charge in [0.15, 0.2) is 0 Å². The second kappa shape index (κ2) is 7.12. The summed E-state index contributed by atoms with van der Waals surface area (Å²) in [6.45, 7) is 2.76. The summed E-state index contributed by atoms with van der Waals surface area (Å²) >= 11 is 0. The first-order chi connectivity index (χ1) is 11.6. The van der Waals surface area contributed by atoms with Crippen molar-refractivity contribution >= 4 is 0 Å². The molecule has 0 aliphatic carbocycles. The third-order valence-electron chi connectivity index (χ3n) is 4.49. The normalized spacial score (nSPS) is 17.0. The lowest BCUT2D eigenvalue weighted by Gasteiger charge is -2.32. The minimum Gasteiger partial charge on any atom is -0.379 e. The van der Waals surface area contributed by atoms with Crippen LogP contribution >= 0.6 is 0 Å². The largest absolute Gasteiger partial charge is 0.379 e. The Hall–Kier alpha value is -2.23. The maximum atomic E-state index is 12.9. The van der Waals surface area contributed by atoms with Gasteiger partial charge in [-0.1, -0.05) is 24.3 Å². The second-order valence-corrected chi connectivity index (χ2v) is 5.86. The van der Waals surface area contributed by atoms with Crippen LogP contribution in [-0.4, -0.2) is 35.8 Å². The number of nitriles is 1. The highest BCUT2D eigenvalue weighted by Crippen LogP contribution is 2.28. The van der Waals surface area contributed by atoms with E-state index in [4.69, 9.17) is 10.00 Å². The maximum absolute atomic E-state index is 12.9. The molecule has 4 nitrogen and oxygen atoms in total. The number of morpholine rings is 1. The van der Waals surface area contributed by atoms with Gasteiger partial charge in [0.05, 0.1) is 13.2 Å². The third kappa shape index (κ3) is 3.32. The fraction of sp³-hybridized carbons (Fsp3) is 0.389. The first-order valence-corrected chi connectivity index (χ1v) is 7.92. The molecule has 1 aliphatic rings. The number of nitrogens with zero attached hydrogens (tertiary/aromatic N) is 3. The van der Waals surface area contributed by atoms with Gasteiger partial charge in [0.2, 0.25) is 0 Å². The molecular weight excluding hydrogens is 312 g/mol. The Morgan fingerprint density at radius 2 is 1.79 bits per heavy atom. The number of ether oxygens (including phenoxy) is 1. The van der Waals surface area contributed by atoms with E-state index >= 15 is 0 Å². The predicted molar refractivity (Wildman–Crippen MR) is 86.6 cm³/mol. The smallest absolute Gasteiger partial charge is 0.319 e. The van der Waals surface area contributed by atoms with Crippen LogP contribution in [0, 0.1) is 11.3 Å². The molecule has 0 saturated carbocycles. The number of hydrogen-bond donors (Lipinski definition) is 0. The fourth-order valence-electron chi connectivity index (χ4n) is 3.02. The summed E-state index contributed by atoms with van der Waals surface area (Å²) in [6, 6.07) is 11.4. The number of hydrogen-bond acceptors (Lipinski definition) is 3. The molecule has 0 spiro atoms. The molecule has 1 saturated heterocycles. The van der Waals surface area contributed by atoms with Gasteiger partial charge in [-0.2, -0.15) is 14.0 Å². The molecule has 1 fully saturated rings. The van der Waals surface area contributed by atoms with Gasteiger partial charge in [-0.3, -0.25) is 9.47 Å². The fourth-order valence-corrected chi connectivity index (χ4v) is 3.02. The summed E-state index contributed by atoms with van der Waals surface area (Å²) in [7, 11) is 0. The second-order valence-electron chi connectivity index (χ2n) is 5.86. The highest BCUT2D eigenvalue weighted by atomic mass is 19.3. The standard InChI is InChI=1S/C18H19F2N3O/c1-13(22-6-8-24-9-7-22)14-2-4-15(5-3-14)16-10-17(11-21)23(12-16)18(19)20/h2-5,10,12-13,18H,6-9H2,1H3/t13-/m1/s1. The van der Waals surface area contributed by atoms with Crippen molar-refractivity contribution in [1.82, 2.24) is 9.47 Å². The molecule has 1 atom stereocenters. The van der Waals surface area contributed by atoms with E-state index in [9.17, 15) is 8.78 Å². The third-order valence-corrected chi connectivity index (χ3v) is 4.49. The Balaban J connectivity index is 1.80. The zero-order chi connectivity index (χ0) is 17.1. The maximum Gasteiger partial charge on any atom is 0.319 e. The Labute approximate surface area is 139 Å². The molecule has 0 N–H and O–H groups in total. The van der Waals surface area contributed by atoms with E-state index in [0.717, 1.165) is 31.9 Å². The van der Waals surface area contributed by atoms with E-state index in [1.54, 1.807) is 6.07 Å². The summed E-state index contributed by atoms with van der Waals surface area (Å²) in [5, 5.41) is 8.97.